The van der Waals surface area contributed by atoms with Crippen molar-refractivity contribution in [3.63, 3.8) is 0 Å². The monoisotopic (exact) mass is 558 g/mol. The molecule has 2 aromatic carbocycles. The lowest BCUT2D eigenvalue weighted by Gasteiger charge is -2.16. The molecule has 0 aliphatic carbocycles. The fraction of sp³-hybridized carbons (Fsp3) is 0.435. The minimum Gasteiger partial charge on any atom is -0.492 e. The fourth-order valence-corrected chi connectivity index (χ4v) is 3.47. The molecule has 2 aromatic rings. The number of thioether (sulfide) groups is 1. The molecule has 0 aromatic heterocycles. The van der Waals surface area contributed by atoms with Crippen LogP contribution in [-0.4, -0.2) is 70.7 Å². The van der Waals surface area contributed by atoms with Crippen LogP contribution < -0.4 is 15.4 Å². The molecule has 0 saturated heterocycles. The molecule has 6 nitrogen and oxygen atoms in total. The van der Waals surface area contributed by atoms with Gasteiger partial charge in [0, 0.05) is 51.0 Å². The predicted molar refractivity (Wildman–Crippen MR) is 142 cm³/mol. The normalized spacial score (nSPS) is 11.2. The molecule has 0 heterocycles. The lowest BCUT2D eigenvalue weighted by atomic mass is 10.2. The number of nitrogens with zero attached hydrogens (tertiary/aromatic N) is 2. The first-order valence-electron chi connectivity index (χ1n) is 10.2. The minimum absolute atomic E-state index is 0. The van der Waals surface area contributed by atoms with Crippen LogP contribution in [0, 0.1) is 0 Å². The molecule has 0 unspecified atom stereocenters. The number of hydrogen-bond acceptors (Lipinski definition) is 5. The SMILES string of the molecule is CN=C(NCCSc1ccccc1)NCc1cccc(OCCN(C)CCOC)c1.I. The third-order valence-corrected chi connectivity index (χ3v) is 5.42. The van der Waals surface area contributed by atoms with Crippen molar-refractivity contribution in [3.8, 4) is 5.75 Å². The Morgan fingerprint density at radius 2 is 1.81 bits per heavy atom. The van der Waals surface area contributed by atoms with E-state index >= 15 is 0 Å². The van der Waals surface area contributed by atoms with Crippen molar-refractivity contribution in [1.82, 2.24) is 15.5 Å². The number of hydrogen-bond donors (Lipinski definition) is 2. The summed E-state index contributed by atoms with van der Waals surface area (Å²) >= 11 is 1.83. The highest BCUT2D eigenvalue weighted by atomic mass is 127. The number of methoxy groups -OCH3 is 1. The Morgan fingerprint density at radius 1 is 1.03 bits per heavy atom. The summed E-state index contributed by atoms with van der Waals surface area (Å²) in [5.41, 5.74) is 1.15. The molecule has 8 heteroatoms. The van der Waals surface area contributed by atoms with Crippen molar-refractivity contribution in [1.29, 1.82) is 0 Å². The quantitative estimate of drug-likeness (QED) is 0.129. The number of halogens is 1. The average molecular weight is 559 g/mol. The van der Waals surface area contributed by atoms with E-state index < -0.39 is 0 Å². The first-order chi connectivity index (χ1) is 14.7. The van der Waals surface area contributed by atoms with E-state index in [9.17, 15) is 0 Å². The standard InChI is InChI=1S/C23H34N4O2S.HI/c1-24-23(25-12-17-30-22-10-5-4-6-11-22)26-19-20-8-7-9-21(18-20)29-16-14-27(2)13-15-28-3;/h4-11,18H,12-17,19H2,1-3H3,(H2,24,25,26);1H. The fourth-order valence-electron chi connectivity index (χ4n) is 2.68. The van der Waals surface area contributed by atoms with Crippen LogP contribution in [0.15, 0.2) is 64.5 Å². The molecule has 31 heavy (non-hydrogen) atoms. The Kier molecular flexibility index (Phi) is 15.2. The number of guanidine groups is 1. The third-order valence-electron chi connectivity index (χ3n) is 4.41. The lowest BCUT2D eigenvalue weighted by Crippen LogP contribution is -2.37. The van der Waals surface area contributed by atoms with Crippen LogP contribution in [0.2, 0.25) is 0 Å². The molecule has 0 saturated carbocycles. The topological polar surface area (TPSA) is 58.1 Å². The molecule has 0 spiro atoms. The second kappa shape index (κ2) is 17.1. The van der Waals surface area contributed by atoms with E-state index in [0.29, 0.717) is 13.2 Å². The van der Waals surface area contributed by atoms with Crippen molar-refractivity contribution in [2.75, 3.05) is 59.8 Å². The third kappa shape index (κ3) is 12.2. The maximum absolute atomic E-state index is 5.89. The van der Waals surface area contributed by atoms with E-state index in [1.54, 1.807) is 14.2 Å². The van der Waals surface area contributed by atoms with Crippen LogP contribution in [0.3, 0.4) is 0 Å². The van der Waals surface area contributed by atoms with Gasteiger partial charge in [0.15, 0.2) is 5.96 Å². The summed E-state index contributed by atoms with van der Waals surface area (Å²) in [6.45, 7) is 4.69. The lowest BCUT2D eigenvalue weighted by molar-refractivity contribution is 0.150. The van der Waals surface area contributed by atoms with Crippen LogP contribution in [0.1, 0.15) is 5.56 Å². The first-order valence-corrected chi connectivity index (χ1v) is 11.2. The van der Waals surface area contributed by atoms with E-state index in [2.05, 4.69) is 64.0 Å². The van der Waals surface area contributed by atoms with Crippen LogP contribution in [0.25, 0.3) is 0 Å². The van der Waals surface area contributed by atoms with Gasteiger partial charge >= 0.3 is 0 Å². The zero-order valence-corrected chi connectivity index (χ0v) is 21.8. The summed E-state index contributed by atoms with van der Waals surface area (Å²) in [5.74, 6) is 2.67. The summed E-state index contributed by atoms with van der Waals surface area (Å²) in [6.07, 6.45) is 0. The summed E-state index contributed by atoms with van der Waals surface area (Å²) in [6, 6.07) is 18.6. The first kappa shape index (κ1) is 27.5. The summed E-state index contributed by atoms with van der Waals surface area (Å²) in [4.78, 5) is 7.78. The summed E-state index contributed by atoms with van der Waals surface area (Å²) < 4.78 is 11.0. The van der Waals surface area contributed by atoms with Crippen LogP contribution in [-0.2, 0) is 11.3 Å². The number of benzene rings is 2. The van der Waals surface area contributed by atoms with Crippen molar-refractivity contribution in [3.05, 3.63) is 60.2 Å². The molecule has 0 bridgehead atoms. The van der Waals surface area contributed by atoms with Crippen molar-refractivity contribution < 1.29 is 9.47 Å². The van der Waals surface area contributed by atoms with Gasteiger partial charge in [-0.3, -0.25) is 4.99 Å². The van der Waals surface area contributed by atoms with E-state index in [-0.39, 0.29) is 24.0 Å². The van der Waals surface area contributed by atoms with Gasteiger partial charge in [-0.2, -0.15) is 0 Å². The van der Waals surface area contributed by atoms with Crippen LogP contribution >= 0.6 is 35.7 Å². The highest BCUT2D eigenvalue weighted by molar-refractivity contribution is 14.0. The highest BCUT2D eigenvalue weighted by Crippen LogP contribution is 2.16. The Morgan fingerprint density at radius 3 is 2.55 bits per heavy atom. The Bertz CT molecular complexity index is 749. The van der Waals surface area contributed by atoms with Gasteiger partial charge in [-0.15, -0.1) is 35.7 Å². The molecule has 0 radical (unpaired) electrons. The molecule has 0 aliphatic heterocycles. The van der Waals surface area contributed by atoms with Gasteiger partial charge in [-0.1, -0.05) is 30.3 Å². The Labute approximate surface area is 208 Å². The Hall–Kier alpha value is -1.49. The van der Waals surface area contributed by atoms with E-state index in [4.69, 9.17) is 9.47 Å². The zero-order valence-electron chi connectivity index (χ0n) is 18.7. The molecular weight excluding hydrogens is 523 g/mol. The van der Waals surface area contributed by atoms with Crippen molar-refractivity contribution in [2.45, 2.75) is 11.4 Å². The smallest absolute Gasteiger partial charge is 0.191 e. The number of rotatable bonds is 13. The van der Waals surface area contributed by atoms with Gasteiger partial charge in [0.05, 0.1) is 6.61 Å². The zero-order chi connectivity index (χ0) is 21.4. The average Bonchev–Trinajstić information content (AvgIpc) is 2.78. The Balaban J connectivity index is 0.00000480. The summed E-state index contributed by atoms with van der Waals surface area (Å²) in [5, 5.41) is 6.72. The number of likely N-dealkylation sites (N-methyl/N-ethyl adjacent to an activating group) is 1. The summed E-state index contributed by atoms with van der Waals surface area (Å²) in [7, 11) is 5.58. The molecule has 0 amide bonds. The van der Waals surface area contributed by atoms with Crippen LogP contribution in [0.4, 0.5) is 0 Å². The molecular formula is C23H35IN4O2S. The second-order valence-electron chi connectivity index (χ2n) is 6.81. The van der Waals surface area contributed by atoms with Gasteiger partial charge in [-0.05, 0) is 36.9 Å². The van der Waals surface area contributed by atoms with E-state index in [0.717, 1.165) is 49.3 Å². The number of aliphatic imine (C=N–C) groups is 1. The van der Waals surface area contributed by atoms with Crippen molar-refractivity contribution in [2.24, 2.45) is 4.99 Å². The van der Waals surface area contributed by atoms with Gasteiger partial charge in [-0.25, -0.2) is 0 Å². The molecule has 2 N–H and O–H groups in total. The number of nitrogens with one attached hydrogen (secondary N) is 2. The second-order valence-corrected chi connectivity index (χ2v) is 7.97. The van der Waals surface area contributed by atoms with Gasteiger partial charge < -0.3 is 25.0 Å². The van der Waals surface area contributed by atoms with Crippen molar-refractivity contribution >= 4 is 41.7 Å². The predicted octanol–water partition coefficient (Wildman–Crippen LogP) is 3.72. The molecule has 0 atom stereocenters. The number of ether oxygens (including phenoxy) is 2. The molecule has 2 rings (SSSR count). The van der Waals surface area contributed by atoms with E-state index in [1.165, 1.54) is 4.90 Å². The maximum Gasteiger partial charge on any atom is 0.191 e. The minimum atomic E-state index is 0. The maximum atomic E-state index is 5.89. The molecule has 0 aliphatic rings. The largest absolute Gasteiger partial charge is 0.492 e. The van der Waals surface area contributed by atoms with Gasteiger partial charge in [0.1, 0.15) is 12.4 Å². The molecule has 172 valence electrons. The molecule has 0 fully saturated rings. The van der Waals surface area contributed by atoms with Crippen LogP contribution in [0.5, 0.6) is 5.75 Å². The highest BCUT2D eigenvalue weighted by Gasteiger charge is 2.02. The van der Waals surface area contributed by atoms with Gasteiger partial charge in [0.2, 0.25) is 0 Å². The van der Waals surface area contributed by atoms with Gasteiger partial charge in [0.25, 0.3) is 0 Å². The van der Waals surface area contributed by atoms with E-state index in [1.807, 2.05) is 30.0 Å².